The fraction of sp³-hybridized carbons (Fsp3) is 0.458. The number of benzene rings is 3. The molecule has 0 bridgehead atoms. The molecule has 15 rings (SSSR count). The largest absolute Gasteiger partial charge is 0.381 e. The Morgan fingerprint density at radius 1 is 0.402 bits per heavy atom. The highest BCUT2D eigenvalue weighted by molar-refractivity contribution is 7.91. The second-order valence-corrected chi connectivity index (χ2v) is 33.5. The molecule has 6 fully saturated rings. The normalized spacial score (nSPS) is 19.9. The van der Waals surface area contributed by atoms with Crippen LogP contribution in [-0.2, 0) is 96.6 Å². The van der Waals surface area contributed by atoms with Gasteiger partial charge in [-0.3, -0.25) is 29.3 Å². The van der Waals surface area contributed by atoms with Crippen LogP contribution in [0.1, 0.15) is 126 Å². The van der Waals surface area contributed by atoms with E-state index < -0.39 is 48.8 Å². The molecule has 21 nitrogen and oxygen atoms in total. The van der Waals surface area contributed by atoms with E-state index in [-0.39, 0.29) is 140 Å². The third-order valence-corrected chi connectivity index (χ3v) is 22.7. The molecule has 3 N–H and O–H groups in total. The van der Waals surface area contributed by atoms with Crippen LogP contribution in [0.25, 0.3) is 0 Å². The Bertz CT molecular complexity index is 4320. The van der Waals surface area contributed by atoms with Gasteiger partial charge in [0.15, 0.2) is 29.5 Å². The maximum Gasteiger partial charge on any atom is 0.277 e. The van der Waals surface area contributed by atoms with Crippen molar-refractivity contribution in [2.24, 2.45) is 32.7 Å². The van der Waals surface area contributed by atoms with E-state index in [1.54, 1.807) is 54.6 Å². The highest BCUT2D eigenvalue weighted by atomic mass is 32.2. The monoisotopic (exact) mass is 1470 g/mol. The maximum absolute atomic E-state index is 13.4. The zero-order valence-electron chi connectivity index (χ0n) is 56.0. The van der Waals surface area contributed by atoms with Crippen molar-refractivity contribution in [3.05, 3.63) is 124 Å². The first-order valence-corrected chi connectivity index (χ1v) is 39.5. The van der Waals surface area contributed by atoms with Crippen LogP contribution in [0.4, 0.5) is 77.5 Å². The quantitative estimate of drug-likeness (QED) is 0.0474. The number of nitrogens with zero attached hydrogens (tertiary/aromatic N) is 6. The fourth-order valence-electron chi connectivity index (χ4n) is 13.3. The molecule has 30 heteroatoms. The molecule has 3 atom stereocenters. The van der Waals surface area contributed by atoms with Gasteiger partial charge in [-0.2, -0.15) is 0 Å². The summed E-state index contributed by atoms with van der Waals surface area (Å²) in [6.45, 7) is 3.52. The van der Waals surface area contributed by atoms with Crippen molar-refractivity contribution in [2.75, 3.05) is 74.4 Å². The second kappa shape index (κ2) is 29.5. The number of ether oxygens (including phenoxy) is 3. The first-order valence-electron chi connectivity index (χ1n) is 33.9. The second-order valence-electron chi connectivity index (χ2n) is 27.5. The molecule has 6 aromatic rings. The molecule has 0 spiro atoms. The van der Waals surface area contributed by atoms with Crippen LogP contribution in [0.3, 0.4) is 0 Å². The highest BCUT2D eigenvalue weighted by Crippen LogP contribution is 2.45. The van der Waals surface area contributed by atoms with Crippen molar-refractivity contribution in [1.82, 2.24) is 15.0 Å². The van der Waals surface area contributed by atoms with Crippen LogP contribution in [0.2, 0.25) is 0 Å². The number of alkyl halides is 6. The predicted molar refractivity (Wildman–Crippen MR) is 370 cm³/mol. The summed E-state index contributed by atoms with van der Waals surface area (Å²) in [5.41, 5.74) is 7.01. The summed E-state index contributed by atoms with van der Waals surface area (Å²) in [5.74, 6) is 0.729. The molecule has 3 aromatic carbocycles. The molecule has 0 radical (unpaired) electrons. The number of sulfone groups is 3. The van der Waals surface area contributed by atoms with Gasteiger partial charge in [-0.05, 0) is 129 Å². The van der Waals surface area contributed by atoms with Gasteiger partial charge in [0.25, 0.3) is 19.3 Å². The van der Waals surface area contributed by atoms with Gasteiger partial charge < -0.3 is 30.2 Å². The number of carbonyl (C=O) groups is 3. The van der Waals surface area contributed by atoms with Crippen molar-refractivity contribution >= 4 is 115 Å². The van der Waals surface area contributed by atoms with Crippen molar-refractivity contribution in [3.8, 4) is 0 Å². The van der Waals surface area contributed by atoms with E-state index in [1.807, 2.05) is 18.2 Å². The van der Waals surface area contributed by atoms with Crippen molar-refractivity contribution in [2.45, 2.75) is 148 Å². The summed E-state index contributed by atoms with van der Waals surface area (Å²) in [4.78, 5) is 63.0. The molecule has 102 heavy (non-hydrogen) atoms. The van der Waals surface area contributed by atoms with E-state index in [0.717, 1.165) is 93.2 Å². The molecule has 3 saturated carbocycles. The molecule has 1 unspecified atom stereocenters. The molecule has 9 heterocycles. The highest BCUT2D eigenvalue weighted by Gasteiger charge is 2.36. The summed E-state index contributed by atoms with van der Waals surface area (Å²) in [7, 11) is -10.8. The average molecular weight is 1470 g/mol. The van der Waals surface area contributed by atoms with Crippen molar-refractivity contribution in [3.63, 3.8) is 0 Å². The predicted octanol–water partition coefficient (Wildman–Crippen LogP) is 12.4. The number of rotatable bonds is 24. The van der Waals surface area contributed by atoms with Gasteiger partial charge in [0.2, 0.25) is 0 Å². The van der Waals surface area contributed by atoms with Crippen molar-refractivity contribution in [1.29, 1.82) is 0 Å². The molecule has 3 aliphatic carbocycles. The number of fused-ring (bicyclic) bond motifs is 3. The number of anilines is 6. The average Bonchev–Trinajstić information content (AvgIpc) is 1.47. The minimum atomic E-state index is -3.60. The van der Waals surface area contributed by atoms with Crippen LogP contribution in [0.5, 0.6) is 0 Å². The van der Waals surface area contributed by atoms with Gasteiger partial charge in [-0.1, -0.05) is 18.2 Å². The molecule has 0 amide bonds. The number of nitrogens with one attached hydrogen (secondary N) is 3. The van der Waals surface area contributed by atoms with Crippen molar-refractivity contribution < 1.29 is 80.2 Å². The Morgan fingerprint density at radius 3 is 0.882 bits per heavy atom. The molecule has 6 aliphatic heterocycles. The number of aliphatic imine (C=N–C) groups is 3. The summed E-state index contributed by atoms with van der Waals surface area (Å²) in [6, 6.07) is 20.4. The summed E-state index contributed by atoms with van der Waals surface area (Å²) in [6.07, 6.45) is 2.87. The van der Waals surface area contributed by atoms with Crippen LogP contribution in [0.15, 0.2) is 102 Å². The van der Waals surface area contributed by atoms with Gasteiger partial charge in [0, 0.05) is 113 Å². The zero-order chi connectivity index (χ0) is 72.1. The zero-order valence-corrected chi connectivity index (χ0v) is 58.5. The van der Waals surface area contributed by atoms with Gasteiger partial charge in [-0.25, -0.2) is 66.6 Å². The number of pyridine rings is 3. The molecule has 3 aromatic heterocycles. The minimum absolute atomic E-state index is 0.0447. The fourth-order valence-corrected chi connectivity index (χ4v) is 15.9. The van der Waals surface area contributed by atoms with Crippen LogP contribution in [-0.4, -0.2) is 152 Å². The Kier molecular flexibility index (Phi) is 20.9. The Hall–Kier alpha value is -8.16. The minimum Gasteiger partial charge on any atom is -0.381 e. The molecule has 540 valence electrons. The van der Waals surface area contributed by atoms with Gasteiger partial charge in [0.1, 0.15) is 34.4 Å². The number of halogens is 6. The van der Waals surface area contributed by atoms with Crippen LogP contribution < -0.4 is 16.0 Å². The van der Waals surface area contributed by atoms with E-state index in [0.29, 0.717) is 108 Å². The van der Waals surface area contributed by atoms with E-state index in [1.165, 1.54) is 0 Å². The van der Waals surface area contributed by atoms with E-state index in [2.05, 4.69) is 45.9 Å². The number of aromatic nitrogens is 3. The Balaban J connectivity index is 0.000000137. The number of hydrogen-bond donors (Lipinski definition) is 3. The molecule has 9 aliphatic rings. The smallest absolute Gasteiger partial charge is 0.277 e. The van der Waals surface area contributed by atoms with Gasteiger partial charge in [0.05, 0.1) is 120 Å². The van der Waals surface area contributed by atoms with Gasteiger partial charge in [-0.15, -0.1) is 0 Å². The topological polar surface area (TPSA) is 293 Å². The summed E-state index contributed by atoms with van der Waals surface area (Å²) in [5, 5.41) is 9.30. The third kappa shape index (κ3) is 17.0. The summed E-state index contributed by atoms with van der Waals surface area (Å²) >= 11 is 0. The lowest BCUT2D eigenvalue weighted by Crippen LogP contribution is -2.11. The lowest BCUT2D eigenvalue weighted by atomic mass is 9.98. The summed E-state index contributed by atoms with van der Waals surface area (Å²) < 4.78 is 172. The molecular weight excluding hydrogens is 1390 g/mol. The number of hydrogen-bond acceptors (Lipinski definition) is 21. The SMILES string of the molecule is CS(=O)(=O)c1cc(C2CCOC2)ccc1Nc1cc(CC(=O)C2CC2)nc2c1N=C(C(F)F)C2.CS(=O)(=O)c1cc([C@@H]2CCOC2)ccc1Nc1cc(CC(=O)C2CC2)nc2c1N=C(C(F)F)C2.CS(=O)(=O)c1cc([C@H]2CCOC2)ccc1Nc1cc(CC(=O)C2CC2)nc2c1N=C(C(F)F)C2. The van der Waals surface area contributed by atoms with E-state index in [9.17, 15) is 66.0 Å². The Morgan fingerprint density at radius 2 is 0.667 bits per heavy atom. The first kappa shape index (κ1) is 72.2. The van der Waals surface area contributed by atoms with Crippen LogP contribution in [0, 0.1) is 17.8 Å². The van der Waals surface area contributed by atoms with E-state index >= 15 is 0 Å². The number of ketones is 3. The third-order valence-electron chi connectivity index (χ3n) is 19.3. The standard InChI is InChI=1S/3C24H25F2N3O4S/c3*1-34(31,32)22-8-14(15-6-7-33-12-15)4-5-17(22)28-18-9-16(10-21(30)13-2-3-13)27-19-11-20(24(25)26)29-23(18)19/h3*4-5,8-9,13,15,24H,2-3,6-7,10-12H2,1H3,(H,27,28)/t2*15-;/m10./s1. The number of Topliss-reactive ketones (excluding diaryl/α,β-unsaturated/α-hetero) is 3. The molecular formula is C72H75F6N9O12S3. The Labute approximate surface area is 586 Å². The maximum atomic E-state index is 13.4. The molecule has 3 saturated heterocycles. The van der Waals surface area contributed by atoms with E-state index in [4.69, 9.17) is 14.2 Å². The van der Waals surface area contributed by atoms with Gasteiger partial charge >= 0.3 is 0 Å². The van der Waals surface area contributed by atoms with Crippen LogP contribution >= 0.6 is 0 Å². The lowest BCUT2D eigenvalue weighted by molar-refractivity contribution is -0.120. The lowest BCUT2D eigenvalue weighted by Gasteiger charge is -2.17. The first-order chi connectivity index (χ1) is 48.6. The number of carbonyl (C=O) groups excluding carboxylic acids is 3.